The summed E-state index contributed by atoms with van der Waals surface area (Å²) in [6.07, 6.45) is 0.865. The third kappa shape index (κ3) is 2.74. The first kappa shape index (κ1) is 14.0. The Kier molecular flexibility index (Phi) is 3.60. The Morgan fingerprint density at radius 3 is 2.86 bits per heavy atom. The molecule has 108 valence electrons. The number of hydrogen-bond donors (Lipinski definition) is 2. The molecule has 0 spiro atoms. The quantitative estimate of drug-likeness (QED) is 0.775. The number of benzene rings is 1. The summed E-state index contributed by atoms with van der Waals surface area (Å²) in [5.41, 5.74) is 8.10. The van der Waals surface area contributed by atoms with Gasteiger partial charge in [0.1, 0.15) is 0 Å². The van der Waals surface area contributed by atoms with E-state index >= 15 is 0 Å². The summed E-state index contributed by atoms with van der Waals surface area (Å²) in [6, 6.07) is 5.36. The van der Waals surface area contributed by atoms with Gasteiger partial charge in [-0.05, 0) is 31.5 Å². The van der Waals surface area contributed by atoms with Crippen LogP contribution in [0.3, 0.4) is 0 Å². The molecule has 0 saturated heterocycles. The van der Waals surface area contributed by atoms with Crippen molar-refractivity contribution in [2.24, 2.45) is 0 Å². The second kappa shape index (κ2) is 5.42. The van der Waals surface area contributed by atoms with E-state index < -0.39 is 0 Å². The first-order chi connectivity index (χ1) is 10.1. The molecular weight excluding hydrogens is 304 g/mol. The largest absolute Gasteiger partial charge is 0.375 e. The van der Waals surface area contributed by atoms with Crippen molar-refractivity contribution in [3.05, 3.63) is 34.3 Å². The molecule has 21 heavy (non-hydrogen) atoms. The van der Waals surface area contributed by atoms with Gasteiger partial charge in [0.2, 0.25) is 0 Å². The van der Waals surface area contributed by atoms with Crippen LogP contribution in [0.5, 0.6) is 0 Å². The number of fused-ring (bicyclic) bond motifs is 1. The van der Waals surface area contributed by atoms with Crippen molar-refractivity contribution in [1.29, 1.82) is 0 Å². The fourth-order valence-electron chi connectivity index (χ4n) is 2.06. The number of aromatic nitrogens is 2. The molecule has 3 N–H and O–H groups in total. The van der Waals surface area contributed by atoms with E-state index in [9.17, 15) is 4.79 Å². The van der Waals surface area contributed by atoms with Gasteiger partial charge in [0.05, 0.1) is 15.9 Å². The summed E-state index contributed by atoms with van der Waals surface area (Å²) in [5, 5.41) is 3.99. The monoisotopic (exact) mass is 318 g/mol. The van der Waals surface area contributed by atoms with Crippen molar-refractivity contribution in [3.8, 4) is 0 Å². The lowest BCUT2D eigenvalue weighted by Gasteiger charge is -2.01. The molecule has 2 heterocycles. The van der Waals surface area contributed by atoms with Crippen molar-refractivity contribution in [3.63, 3.8) is 0 Å². The summed E-state index contributed by atoms with van der Waals surface area (Å²) in [7, 11) is 0. The number of amides is 1. The average molecular weight is 318 g/mol. The number of nitrogen functional groups attached to an aromatic ring is 1. The molecule has 1 amide bonds. The van der Waals surface area contributed by atoms with Gasteiger partial charge in [-0.25, -0.2) is 9.97 Å². The highest BCUT2D eigenvalue weighted by Gasteiger charge is 2.12. The molecule has 1 aromatic carbocycles. The van der Waals surface area contributed by atoms with Crippen LogP contribution in [-0.2, 0) is 6.42 Å². The molecule has 0 bridgehead atoms. The summed E-state index contributed by atoms with van der Waals surface area (Å²) in [4.78, 5) is 22.0. The number of carbonyl (C=O) groups excluding carboxylic acids is 1. The minimum absolute atomic E-state index is 0.166. The Balaban J connectivity index is 1.85. The number of rotatable bonds is 3. The predicted octanol–water partition coefficient (Wildman–Crippen LogP) is 3.46. The number of anilines is 2. The Morgan fingerprint density at radius 1 is 1.33 bits per heavy atom. The van der Waals surface area contributed by atoms with Crippen LogP contribution < -0.4 is 11.1 Å². The third-order valence-corrected chi connectivity index (χ3v) is 4.89. The second-order valence-electron chi connectivity index (χ2n) is 4.56. The highest BCUT2D eigenvalue weighted by molar-refractivity contribution is 7.22. The molecule has 5 nitrogen and oxygen atoms in total. The second-order valence-corrected chi connectivity index (χ2v) is 6.83. The number of carbonyl (C=O) groups is 1. The summed E-state index contributed by atoms with van der Waals surface area (Å²) < 4.78 is 0.907. The predicted molar refractivity (Wildman–Crippen MR) is 88.2 cm³/mol. The SMILES string of the molecule is CCc1nc(NC(=O)c2ccc3nc(N)sc3c2)sc1C. The van der Waals surface area contributed by atoms with Gasteiger partial charge in [0.15, 0.2) is 10.3 Å². The number of aryl methyl sites for hydroxylation is 2. The zero-order valence-corrected chi connectivity index (χ0v) is 13.3. The molecule has 0 saturated carbocycles. The highest BCUT2D eigenvalue weighted by Crippen LogP contribution is 2.26. The smallest absolute Gasteiger partial charge is 0.257 e. The molecule has 0 atom stereocenters. The molecule has 3 aromatic rings. The van der Waals surface area contributed by atoms with Crippen LogP contribution >= 0.6 is 22.7 Å². The third-order valence-electron chi connectivity index (χ3n) is 3.12. The molecule has 0 aliphatic heterocycles. The van der Waals surface area contributed by atoms with Crippen LogP contribution in [0.1, 0.15) is 27.9 Å². The van der Waals surface area contributed by atoms with Gasteiger partial charge < -0.3 is 5.73 Å². The van der Waals surface area contributed by atoms with E-state index in [1.165, 1.54) is 22.7 Å². The Morgan fingerprint density at radius 2 is 2.14 bits per heavy atom. The van der Waals surface area contributed by atoms with Crippen LogP contribution in [-0.4, -0.2) is 15.9 Å². The maximum absolute atomic E-state index is 12.3. The number of thiazole rings is 2. The maximum Gasteiger partial charge on any atom is 0.257 e. The number of nitrogens with one attached hydrogen (secondary N) is 1. The van der Waals surface area contributed by atoms with Crippen LogP contribution in [0.15, 0.2) is 18.2 Å². The summed E-state index contributed by atoms with van der Waals surface area (Å²) in [5.74, 6) is -0.166. The maximum atomic E-state index is 12.3. The molecule has 0 radical (unpaired) electrons. The molecule has 7 heteroatoms. The van der Waals surface area contributed by atoms with Gasteiger partial charge in [-0.15, -0.1) is 11.3 Å². The lowest BCUT2D eigenvalue weighted by Crippen LogP contribution is -2.11. The van der Waals surface area contributed by atoms with Gasteiger partial charge in [-0.2, -0.15) is 0 Å². The van der Waals surface area contributed by atoms with Crippen molar-refractivity contribution < 1.29 is 4.79 Å². The Labute approximate surface area is 129 Å². The number of hydrogen-bond acceptors (Lipinski definition) is 6. The van der Waals surface area contributed by atoms with E-state index in [0.717, 1.165) is 27.2 Å². The summed E-state index contributed by atoms with van der Waals surface area (Å²) in [6.45, 7) is 4.06. The average Bonchev–Trinajstić information content (AvgIpc) is 2.99. The minimum Gasteiger partial charge on any atom is -0.375 e. The van der Waals surface area contributed by atoms with Gasteiger partial charge in [0.25, 0.3) is 5.91 Å². The van der Waals surface area contributed by atoms with E-state index in [2.05, 4.69) is 22.2 Å². The topological polar surface area (TPSA) is 80.9 Å². The Bertz CT molecular complexity index is 822. The van der Waals surface area contributed by atoms with Gasteiger partial charge in [-0.3, -0.25) is 10.1 Å². The van der Waals surface area contributed by atoms with Gasteiger partial charge in [0, 0.05) is 10.4 Å². The zero-order valence-electron chi connectivity index (χ0n) is 11.6. The van der Waals surface area contributed by atoms with E-state index in [1.54, 1.807) is 12.1 Å². The van der Waals surface area contributed by atoms with E-state index in [1.807, 2.05) is 13.0 Å². The first-order valence-corrected chi connectivity index (χ1v) is 8.14. The fraction of sp³-hybridized carbons (Fsp3) is 0.214. The van der Waals surface area contributed by atoms with Crippen molar-refractivity contribution >= 4 is 49.1 Å². The highest BCUT2D eigenvalue weighted by atomic mass is 32.1. The van der Waals surface area contributed by atoms with Gasteiger partial charge >= 0.3 is 0 Å². The van der Waals surface area contributed by atoms with E-state index in [4.69, 9.17) is 5.73 Å². The molecule has 0 fully saturated rings. The number of nitrogens with two attached hydrogens (primary N) is 1. The van der Waals surface area contributed by atoms with Crippen molar-refractivity contribution in [1.82, 2.24) is 9.97 Å². The Hall–Kier alpha value is -1.99. The van der Waals surface area contributed by atoms with Crippen LogP contribution in [0.25, 0.3) is 10.2 Å². The normalized spacial score (nSPS) is 11.0. The first-order valence-electron chi connectivity index (χ1n) is 6.50. The molecule has 0 aliphatic rings. The molecular formula is C14H14N4OS2. The lowest BCUT2D eigenvalue weighted by molar-refractivity contribution is 0.102. The van der Waals surface area contributed by atoms with E-state index in [-0.39, 0.29) is 5.91 Å². The molecule has 0 aliphatic carbocycles. The fourth-order valence-corrected chi connectivity index (χ4v) is 3.73. The molecule has 0 unspecified atom stereocenters. The number of nitrogens with zero attached hydrogens (tertiary/aromatic N) is 2. The van der Waals surface area contributed by atoms with Crippen LogP contribution in [0.2, 0.25) is 0 Å². The zero-order chi connectivity index (χ0) is 15.0. The van der Waals surface area contributed by atoms with E-state index in [0.29, 0.717) is 15.8 Å². The van der Waals surface area contributed by atoms with Crippen molar-refractivity contribution in [2.45, 2.75) is 20.3 Å². The van der Waals surface area contributed by atoms with Crippen LogP contribution in [0.4, 0.5) is 10.3 Å². The standard InChI is InChI=1S/C14H14N4OS2/c1-3-9-7(2)20-14(17-9)18-12(19)8-4-5-10-11(6-8)21-13(15)16-10/h4-6H,3H2,1-2H3,(H2,15,16)(H,17,18,19). The lowest BCUT2D eigenvalue weighted by atomic mass is 10.2. The summed E-state index contributed by atoms with van der Waals surface area (Å²) >= 11 is 2.87. The molecule has 2 aromatic heterocycles. The molecule has 3 rings (SSSR count). The van der Waals surface area contributed by atoms with Crippen molar-refractivity contribution in [2.75, 3.05) is 11.1 Å². The van der Waals surface area contributed by atoms with Crippen LogP contribution in [0, 0.1) is 6.92 Å². The minimum atomic E-state index is -0.166. The van der Waals surface area contributed by atoms with Gasteiger partial charge in [-0.1, -0.05) is 18.3 Å².